The summed E-state index contributed by atoms with van der Waals surface area (Å²) in [5.74, 6) is 0.463. The van der Waals surface area contributed by atoms with Crippen molar-refractivity contribution in [3.8, 4) is 5.75 Å². The van der Waals surface area contributed by atoms with Crippen molar-refractivity contribution in [2.45, 2.75) is 18.0 Å². The van der Waals surface area contributed by atoms with E-state index in [0.717, 1.165) is 0 Å². The van der Waals surface area contributed by atoms with Crippen LogP contribution in [0.15, 0.2) is 23.1 Å². The van der Waals surface area contributed by atoms with Crippen molar-refractivity contribution in [2.24, 2.45) is 0 Å². The van der Waals surface area contributed by atoms with E-state index >= 15 is 0 Å². The van der Waals surface area contributed by atoms with Crippen LogP contribution in [0, 0.1) is 6.92 Å². The fraction of sp³-hybridized carbons (Fsp3) is 0.400. The Morgan fingerprint density at radius 1 is 1.33 bits per heavy atom. The molecule has 1 aromatic rings. The van der Waals surface area contributed by atoms with Gasteiger partial charge < -0.3 is 4.74 Å². The van der Waals surface area contributed by atoms with E-state index in [2.05, 4.69) is 0 Å². The molecule has 0 saturated heterocycles. The van der Waals surface area contributed by atoms with Gasteiger partial charge in [-0.3, -0.25) is 0 Å². The molecular weight excluding hydrogens is 271 g/mol. The molecule has 0 aliphatic carbocycles. The van der Waals surface area contributed by atoms with Crippen LogP contribution in [-0.2, 0) is 10.0 Å². The van der Waals surface area contributed by atoms with Gasteiger partial charge in [0, 0.05) is 0 Å². The number of rotatable bonds is 4. The lowest BCUT2D eigenvalue weighted by Gasteiger charge is -2.11. The molecule has 0 amide bonds. The number of halogens is 3. The molecule has 0 radical (unpaired) electrons. The van der Waals surface area contributed by atoms with E-state index in [1.807, 2.05) is 0 Å². The molecule has 102 valence electrons. The van der Waals surface area contributed by atoms with Crippen molar-refractivity contribution < 1.29 is 26.3 Å². The first-order valence-corrected chi connectivity index (χ1v) is 6.35. The predicted octanol–water partition coefficient (Wildman–Crippen LogP) is 1.84. The minimum Gasteiger partial charge on any atom is -0.496 e. The second-order valence-corrected chi connectivity index (χ2v) is 5.34. The summed E-state index contributed by atoms with van der Waals surface area (Å²) < 4.78 is 65.4. The molecule has 1 aromatic carbocycles. The van der Waals surface area contributed by atoms with Gasteiger partial charge in [0.05, 0.1) is 12.0 Å². The molecule has 4 nitrogen and oxygen atoms in total. The molecular formula is C10H12F3NO3S. The van der Waals surface area contributed by atoms with Gasteiger partial charge in [-0.25, -0.2) is 13.1 Å². The summed E-state index contributed by atoms with van der Waals surface area (Å²) in [5, 5.41) is 0. The highest BCUT2D eigenvalue weighted by Crippen LogP contribution is 2.22. The number of alkyl halides is 3. The van der Waals surface area contributed by atoms with Gasteiger partial charge >= 0.3 is 6.18 Å². The van der Waals surface area contributed by atoms with Crippen LogP contribution in [0.1, 0.15) is 5.56 Å². The van der Waals surface area contributed by atoms with Crippen molar-refractivity contribution in [3.05, 3.63) is 23.8 Å². The molecule has 8 heteroatoms. The van der Waals surface area contributed by atoms with E-state index in [9.17, 15) is 21.6 Å². The van der Waals surface area contributed by atoms with Crippen LogP contribution < -0.4 is 9.46 Å². The maximum Gasteiger partial charge on any atom is 0.402 e. The SMILES string of the molecule is COc1ccc(S(=O)(=O)NCC(F)(F)F)cc1C. The lowest BCUT2D eigenvalue weighted by atomic mass is 10.2. The van der Waals surface area contributed by atoms with E-state index in [4.69, 9.17) is 4.74 Å². The molecule has 0 atom stereocenters. The zero-order valence-electron chi connectivity index (χ0n) is 9.71. The summed E-state index contributed by atoms with van der Waals surface area (Å²) in [6.07, 6.45) is -4.59. The Morgan fingerprint density at radius 3 is 2.39 bits per heavy atom. The van der Waals surface area contributed by atoms with E-state index < -0.39 is 22.7 Å². The van der Waals surface area contributed by atoms with Gasteiger partial charge in [0.2, 0.25) is 10.0 Å². The molecule has 0 fully saturated rings. The van der Waals surface area contributed by atoms with Crippen LogP contribution in [0.25, 0.3) is 0 Å². The Bertz CT molecular complexity index is 526. The third kappa shape index (κ3) is 3.88. The number of aryl methyl sites for hydroxylation is 1. The second-order valence-electron chi connectivity index (χ2n) is 3.57. The van der Waals surface area contributed by atoms with Gasteiger partial charge in [-0.05, 0) is 30.7 Å². The molecule has 0 saturated carbocycles. The van der Waals surface area contributed by atoms with Gasteiger partial charge in [-0.1, -0.05) is 0 Å². The Hall–Kier alpha value is -1.28. The van der Waals surface area contributed by atoms with Crippen molar-refractivity contribution in [1.82, 2.24) is 4.72 Å². The molecule has 1 N–H and O–H groups in total. The van der Waals surface area contributed by atoms with Gasteiger partial charge in [0.1, 0.15) is 12.3 Å². The van der Waals surface area contributed by atoms with Gasteiger partial charge in [0.15, 0.2) is 0 Å². The topological polar surface area (TPSA) is 55.4 Å². The third-order valence-electron chi connectivity index (χ3n) is 2.14. The zero-order chi connectivity index (χ0) is 14.0. The highest BCUT2D eigenvalue weighted by molar-refractivity contribution is 7.89. The largest absolute Gasteiger partial charge is 0.496 e. The van der Waals surface area contributed by atoms with E-state index in [1.54, 1.807) is 6.92 Å². The number of nitrogens with one attached hydrogen (secondary N) is 1. The number of hydrogen-bond donors (Lipinski definition) is 1. The van der Waals surface area contributed by atoms with Crippen LogP contribution in [-0.4, -0.2) is 28.2 Å². The van der Waals surface area contributed by atoms with Gasteiger partial charge in [0.25, 0.3) is 0 Å². The first kappa shape index (κ1) is 14.8. The number of ether oxygens (including phenoxy) is 1. The number of methoxy groups -OCH3 is 1. The minimum atomic E-state index is -4.59. The predicted molar refractivity (Wildman–Crippen MR) is 59.0 cm³/mol. The van der Waals surface area contributed by atoms with Crippen LogP contribution >= 0.6 is 0 Å². The molecule has 0 aromatic heterocycles. The number of sulfonamides is 1. The normalized spacial score (nSPS) is 12.5. The summed E-state index contributed by atoms with van der Waals surface area (Å²) in [4.78, 5) is -0.231. The van der Waals surface area contributed by atoms with E-state index in [1.165, 1.54) is 30.0 Å². The highest BCUT2D eigenvalue weighted by atomic mass is 32.2. The van der Waals surface area contributed by atoms with Crippen molar-refractivity contribution in [2.75, 3.05) is 13.7 Å². The molecule has 0 aliphatic heterocycles. The smallest absolute Gasteiger partial charge is 0.402 e. The molecule has 18 heavy (non-hydrogen) atoms. The Balaban J connectivity index is 2.96. The maximum absolute atomic E-state index is 12.0. The maximum atomic E-state index is 12.0. The average Bonchev–Trinajstić information content (AvgIpc) is 2.25. The summed E-state index contributed by atoms with van der Waals surface area (Å²) in [6, 6.07) is 3.82. The van der Waals surface area contributed by atoms with Crippen LogP contribution in [0.5, 0.6) is 5.75 Å². The average molecular weight is 283 g/mol. The third-order valence-corrected chi connectivity index (χ3v) is 3.54. The molecule has 0 heterocycles. The minimum absolute atomic E-state index is 0.231. The van der Waals surface area contributed by atoms with Gasteiger partial charge in [-0.15, -0.1) is 0 Å². The summed E-state index contributed by atoms with van der Waals surface area (Å²) in [6.45, 7) is 0.00201. The molecule has 0 unspecified atom stereocenters. The second kappa shape index (κ2) is 5.15. The van der Waals surface area contributed by atoms with Gasteiger partial charge in [-0.2, -0.15) is 13.2 Å². The lowest BCUT2D eigenvalue weighted by Crippen LogP contribution is -2.33. The van der Waals surface area contributed by atoms with E-state index in [0.29, 0.717) is 11.3 Å². The fourth-order valence-corrected chi connectivity index (χ4v) is 2.38. The number of hydrogen-bond acceptors (Lipinski definition) is 3. The molecule has 1 rings (SSSR count). The highest BCUT2D eigenvalue weighted by Gasteiger charge is 2.30. The van der Waals surface area contributed by atoms with E-state index in [-0.39, 0.29) is 4.90 Å². The quantitative estimate of drug-likeness (QED) is 0.917. The molecule has 0 spiro atoms. The fourth-order valence-electron chi connectivity index (χ4n) is 1.28. The molecule has 0 bridgehead atoms. The van der Waals surface area contributed by atoms with Crippen LogP contribution in [0.2, 0.25) is 0 Å². The standard InChI is InChI=1S/C10H12F3NO3S/c1-7-5-8(3-4-9(7)17-2)18(15,16)14-6-10(11,12)13/h3-5,14H,6H2,1-2H3. The molecule has 0 aliphatic rings. The Kier molecular flexibility index (Phi) is 4.23. The Morgan fingerprint density at radius 2 is 1.94 bits per heavy atom. The zero-order valence-corrected chi connectivity index (χ0v) is 10.5. The van der Waals surface area contributed by atoms with Crippen LogP contribution in [0.4, 0.5) is 13.2 Å². The van der Waals surface area contributed by atoms with Crippen molar-refractivity contribution in [3.63, 3.8) is 0 Å². The van der Waals surface area contributed by atoms with Crippen molar-refractivity contribution >= 4 is 10.0 Å². The van der Waals surface area contributed by atoms with Crippen LogP contribution in [0.3, 0.4) is 0 Å². The lowest BCUT2D eigenvalue weighted by molar-refractivity contribution is -0.121. The summed E-state index contributed by atoms with van der Waals surface area (Å²) >= 11 is 0. The summed E-state index contributed by atoms with van der Waals surface area (Å²) in [5.41, 5.74) is 0.521. The number of benzene rings is 1. The first-order valence-electron chi connectivity index (χ1n) is 4.87. The first-order chi connectivity index (χ1) is 8.15. The van der Waals surface area contributed by atoms with Crippen molar-refractivity contribution in [1.29, 1.82) is 0 Å². The monoisotopic (exact) mass is 283 g/mol. The summed E-state index contributed by atoms with van der Waals surface area (Å²) in [7, 11) is -2.75. The Labute approximate surface area is 103 Å².